The van der Waals surface area contributed by atoms with E-state index in [1.165, 1.54) is 39.3 Å². The van der Waals surface area contributed by atoms with Gasteiger partial charge in [0.2, 0.25) is 0 Å². The van der Waals surface area contributed by atoms with Crippen molar-refractivity contribution in [1.29, 1.82) is 0 Å². The molecule has 0 saturated carbocycles. The summed E-state index contributed by atoms with van der Waals surface area (Å²) in [6.07, 6.45) is 13.9. The monoisotopic (exact) mass is 498 g/mol. The number of aromatic nitrogens is 3. The zero-order valence-corrected chi connectivity index (χ0v) is 22.5. The molecule has 3 aliphatic heterocycles. The molecule has 0 saturated heterocycles. The van der Waals surface area contributed by atoms with Crippen LogP contribution in [0.3, 0.4) is 0 Å². The number of nitrogens with zero attached hydrogens (tertiary/aromatic N) is 6. The van der Waals surface area contributed by atoms with Gasteiger partial charge >= 0.3 is 0 Å². The van der Waals surface area contributed by atoms with Gasteiger partial charge in [0.05, 0.1) is 6.20 Å². The van der Waals surface area contributed by atoms with Crippen molar-refractivity contribution in [2.24, 2.45) is 7.05 Å². The highest BCUT2D eigenvalue weighted by Crippen LogP contribution is 2.42. The zero-order chi connectivity index (χ0) is 25.5. The second-order valence-electron chi connectivity index (χ2n) is 10.6. The Morgan fingerprint density at radius 1 is 1.08 bits per heavy atom. The Balaban J connectivity index is 1.40. The smallest absolute Gasteiger partial charge is 0.172 e. The van der Waals surface area contributed by atoms with Gasteiger partial charge in [0, 0.05) is 85.7 Å². The fraction of sp³-hybridized carbons (Fsp3) is 0.467. The third-order valence-corrected chi connectivity index (χ3v) is 8.39. The van der Waals surface area contributed by atoms with Crippen LogP contribution in [-0.2, 0) is 13.5 Å². The molecule has 37 heavy (non-hydrogen) atoms. The van der Waals surface area contributed by atoms with Gasteiger partial charge in [-0.2, -0.15) is 5.10 Å². The third-order valence-electron chi connectivity index (χ3n) is 8.39. The van der Waals surface area contributed by atoms with Gasteiger partial charge in [0.25, 0.3) is 0 Å². The van der Waals surface area contributed by atoms with E-state index in [-0.39, 0.29) is 0 Å². The fourth-order valence-electron chi connectivity index (χ4n) is 6.57. The van der Waals surface area contributed by atoms with E-state index >= 15 is 0 Å². The molecule has 6 rings (SSSR count). The highest BCUT2D eigenvalue weighted by Gasteiger charge is 2.36. The number of fused-ring (bicyclic) bond motifs is 1. The average Bonchev–Trinajstić information content (AvgIpc) is 3.62. The minimum Gasteiger partial charge on any atom is -0.365 e. The first-order valence-corrected chi connectivity index (χ1v) is 13.8. The lowest BCUT2D eigenvalue weighted by Crippen LogP contribution is -2.49. The Labute approximate surface area is 220 Å². The van der Waals surface area contributed by atoms with Crippen LogP contribution in [0.1, 0.15) is 52.0 Å². The molecule has 0 spiro atoms. The average molecular weight is 499 g/mol. The Morgan fingerprint density at radius 2 is 1.95 bits per heavy atom. The van der Waals surface area contributed by atoms with Gasteiger partial charge in [0.15, 0.2) is 5.82 Å². The van der Waals surface area contributed by atoms with Crippen LogP contribution < -0.4 is 9.80 Å². The topological polar surface area (TPSA) is 53.6 Å². The van der Waals surface area contributed by atoms with Gasteiger partial charge in [-0.1, -0.05) is 25.1 Å². The first-order chi connectivity index (χ1) is 18.1. The largest absolute Gasteiger partial charge is 0.365 e. The van der Waals surface area contributed by atoms with E-state index in [0.717, 1.165) is 57.6 Å². The number of rotatable bonds is 6. The lowest BCUT2D eigenvalue weighted by atomic mass is 9.89. The molecule has 7 heteroatoms. The second kappa shape index (κ2) is 9.77. The lowest BCUT2D eigenvalue weighted by molar-refractivity contribution is 0.194. The molecule has 3 aliphatic rings. The lowest BCUT2D eigenvalue weighted by Gasteiger charge is -2.48. The second-order valence-corrected chi connectivity index (χ2v) is 10.6. The summed E-state index contributed by atoms with van der Waals surface area (Å²) >= 11 is 0. The molecule has 5 heterocycles. The number of aryl methyl sites for hydroxylation is 2. The Kier molecular flexibility index (Phi) is 6.31. The van der Waals surface area contributed by atoms with Crippen LogP contribution in [-0.4, -0.2) is 51.6 Å². The van der Waals surface area contributed by atoms with Gasteiger partial charge in [0.1, 0.15) is 6.26 Å². The summed E-state index contributed by atoms with van der Waals surface area (Å²) < 4.78 is 7.08. The summed E-state index contributed by atoms with van der Waals surface area (Å²) in [4.78, 5) is 7.68. The molecule has 0 fully saturated rings. The molecule has 0 aliphatic carbocycles. The highest BCUT2D eigenvalue weighted by molar-refractivity contribution is 5.72. The first kappa shape index (κ1) is 23.9. The van der Waals surface area contributed by atoms with Crippen molar-refractivity contribution in [1.82, 2.24) is 19.8 Å². The molecule has 1 aromatic carbocycles. The van der Waals surface area contributed by atoms with Crippen LogP contribution in [0, 0.1) is 0 Å². The van der Waals surface area contributed by atoms with Gasteiger partial charge in [-0.15, -0.1) is 0 Å². The van der Waals surface area contributed by atoms with Crippen molar-refractivity contribution >= 4 is 11.5 Å². The maximum Gasteiger partial charge on any atom is 0.172 e. The molecule has 2 aromatic heterocycles. The summed E-state index contributed by atoms with van der Waals surface area (Å²) in [5, 5.41) is 8.65. The standard InChI is InChI=1S/C30H38N6O/c1-5-25(6-2)36-21(3)16-29(26-20-34(14-11-28(26)36)30-12-15-37-32-30)35-13-7-8-23-17-22(9-10-27(23)35)24-18-31-33(4)19-24/h9-10,12,15-19,21,25H,5-8,11,13-14,20H2,1-4H3/t21-/m0/s1. The van der Waals surface area contributed by atoms with Crippen molar-refractivity contribution in [3.63, 3.8) is 0 Å². The summed E-state index contributed by atoms with van der Waals surface area (Å²) in [5.41, 5.74) is 9.55. The minimum absolute atomic E-state index is 0.372. The summed E-state index contributed by atoms with van der Waals surface area (Å²) in [7, 11) is 1.98. The van der Waals surface area contributed by atoms with E-state index < -0.39 is 0 Å². The van der Waals surface area contributed by atoms with E-state index in [9.17, 15) is 0 Å². The molecule has 0 N–H and O–H groups in total. The number of benzene rings is 1. The number of anilines is 2. The highest BCUT2D eigenvalue weighted by atomic mass is 16.5. The predicted molar refractivity (Wildman–Crippen MR) is 148 cm³/mol. The van der Waals surface area contributed by atoms with Gasteiger partial charge in [-0.25, -0.2) is 0 Å². The van der Waals surface area contributed by atoms with E-state index in [1.807, 2.05) is 24.0 Å². The minimum atomic E-state index is 0.372. The summed E-state index contributed by atoms with van der Waals surface area (Å²) in [5.74, 6) is 0.929. The van der Waals surface area contributed by atoms with Gasteiger partial charge < -0.3 is 19.2 Å². The molecule has 0 bridgehead atoms. The van der Waals surface area contributed by atoms with Crippen LogP contribution in [0.2, 0.25) is 0 Å². The van der Waals surface area contributed by atoms with E-state index in [1.54, 1.807) is 6.26 Å². The van der Waals surface area contributed by atoms with Crippen molar-refractivity contribution in [2.45, 2.75) is 65.0 Å². The first-order valence-electron chi connectivity index (χ1n) is 13.8. The SMILES string of the molecule is CCC(CC)N1C2=C(CN(c3ccon3)CC2)C(N2CCCc3cc(-c4cnn(C)c4)ccc32)=C[C@@H]1C. The molecule has 1 atom stereocenters. The molecule has 0 unspecified atom stereocenters. The molecule has 194 valence electrons. The predicted octanol–water partition coefficient (Wildman–Crippen LogP) is 5.77. The van der Waals surface area contributed by atoms with Crippen LogP contribution >= 0.6 is 0 Å². The summed E-state index contributed by atoms with van der Waals surface area (Å²) in [6, 6.07) is 9.88. The summed E-state index contributed by atoms with van der Waals surface area (Å²) in [6.45, 7) is 9.90. The van der Waals surface area contributed by atoms with Gasteiger partial charge in [-0.3, -0.25) is 4.68 Å². The van der Waals surface area contributed by atoms with Crippen molar-refractivity contribution in [3.8, 4) is 11.1 Å². The van der Waals surface area contributed by atoms with E-state index in [4.69, 9.17) is 4.52 Å². The Bertz CT molecular complexity index is 1320. The van der Waals surface area contributed by atoms with E-state index in [0.29, 0.717) is 12.1 Å². The molecular weight excluding hydrogens is 460 g/mol. The molecule has 3 aromatic rings. The van der Waals surface area contributed by atoms with Crippen molar-refractivity contribution in [3.05, 3.63) is 71.5 Å². The maximum absolute atomic E-state index is 5.20. The van der Waals surface area contributed by atoms with Crippen molar-refractivity contribution < 1.29 is 4.52 Å². The van der Waals surface area contributed by atoms with E-state index in [2.05, 4.69) is 76.2 Å². The number of hydrogen-bond acceptors (Lipinski definition) is 6. The van der Waals surface area contributed by atoms with Crippen LogP contribution in [0.5, 0.6) is 0 Å². The zero-order valence-electron chi connectivity index (χ0n) is 22.5. The maximum atomic E-state index is 5.20. The van der Waals surface area contributed by atoms with Crippen LogP contribution in [0.4, 0.5) is 11.5 Å². The fourth-order valence-corrected chi connectivity index (χ4v) is 6.57. The quantitative estimate of drug-likeness (QED) is 0.430. The third kappa shape index (κ3) is 4.24. The van der Waals surface area contributed by atoms with Crippen LogP contribution in [0.15, 0.2) is 70.5 Å². The van der Waals surface area contributed by atoms with Crippen LogP contribution in [0.25, 0.3) is 11.1 Å². The molecule has 0 radical (unpaired) electrons. The van der Waals surface area contributed by atoms with Crippen molar-refractivity contribution in [2.75, 3.05) is 29.4 Å². The molecule has 7 nitrogen and oxygen atoms in total. The molecular formula is C30H38N6O. The Morgan fingerprint density at radius 3 is 2.68 bits per heavy atom. The van der Waals surface area contributed by atoms with Gasteiger partial charge in [-0.05, 0) is 61.9 Å². The Hall–Kier alpha value is -3.48. The number of hydrogen-bond donors (Lipinski definition) is 0. The molecule has 0 amide bonds. The normalized spacial score (nSPS) is 19.9.